The van der Waals surface area contributed by atoms with Crippen LogP contribution < -0.4 is 0 Å². The molecule has 4 nitrogen and oxygen atoms in total. The number of benzene rings is 3. The fraction of sp³-hybridized carbons (Fsp3) is 0.0400. The monoisotopic (exact) mass is 424 g/mol. The van der Waals surface area contributed by atoms with E-state index in [2.05, 4.69) is 4.85 Å². The van der Waals surface area contributed by atoms with Gasteiger partial charge in [0.1, 0.15) is 0 Å². The topological polar surface area (TPSA) is 53.9 Å². The summed E-state index contributed by atoms with van der Waals surface area (Å²) < 4.78 is 38.6. The van der Waals surface area contributed by atoms with E-state index < -0.39 is 11.7 Å². The Hall–Kier alpha value is -4.49. The molecular formula is C25H11F3N4. The Morgan fingerprint density at radius 3 is 2.16 bits per heavy atom. The molecule has 7 heteroatoms. The van der Waals surface area contributed by atoms with Crippen molar-refractivity contribution in [3.8, 4) is 28.5 Å². The molecule has 0 amide bonds. The van der Waals surface area contributed by atoms with E-state index in [1.54, 1.807) is 18.2 Å². The van der Waals surface area contributed by atoms with Crippen molar-refractivity contribution in [1.82, 2.24) is 9.97 Å². The lowest BCUT2D eigenvalue weighted by Crippen LogP contribution is -2.04. The highest BCUT2D eigenvalue weighted by Crippen LogP contribution is 2.44. The first-order chi connectivity index (χ1) is 15.4. The lowest BCUT2D eigenvalue weighted by Gasteiger charge is -2.09. The number of alkyl halides is 3. The third-order valence-electron chi connectivity index (χ3n) is 5.35. The second-order valence-corrected chi connectivity index (χ2v) is 7.19. The van der Waals surface area contributed by atoms with Gasteiger partial charge in [0.15, 0.2) is 0 Å². The Labute approximate surface area is 180 Å². The lowest BCUT2D eigenvalue weighted by atomic mass is 10.0. The van der Waals surface area contributed by atoms with Crippen molar-refractivity contribution in [2.75, 3.05) is 0 Å². The Balaban J connectivity index is 1.69. The van der Waals surface area contributed by atoms with Gasteiger partial charge in [-0.15, -0.1) is 0 Å². The van der Waals surface area contributed by atoms with Crippen LogP contribution >= 0.6 is 0 Å². The number of fused-ring (bicyclic) bond motifs is 4. The van der Waals surface area contributed by atoms with Gasteiger partial charge in [0.05, 0.1) is 40.6 Å². The molecule has 32 heavy (non-hydrogen) atoms. The summed E-state index contributed by atoms with van der Waals surface area (Å²) in [6.07, 6.45) is -4.40. The van der Waals surface area contributed by atoms with Crippen LogP contribution in [0.25, 0.3) is 43.8 Å². The van der Waals surface area contributed by atoms with Crippen LogP contribution in [0.5, 0.6) is 0 Å². The minimum Gasteiger partial charge on any atom is -0.245 e. The molecule has 0 aliphatic heterocycles. The van der Waals surface area contributed by atoms with Crippen molar-refractivity contribution in [1.29, 1.82) is 5.26 Å². The highest BCUT2D eigenvalue weighted by atomic mass is 19.4. The molecule has 1 aromatic heterocycles. The standard InChI is InChI=1S/C25H11F3N4/c1-30-21(13-29)22-17-4-2-3-5-18(17)23-24(22)32-20-12-15(8-11-19(20)31-23)14-6-9-16(10-7-14)25(26,27)28/h2-12H/b22-21+. The van der Waals surface area contributed by atoms with Gasteiger partial charge in [-0.3, -0.25) is 0 Å². The first-order valence-electron chi connectivity index (χ1n) is 9.52. The van der Waals surface area contributed by atoms with Crippen LogP contribution in [0.4, 0.5) is 13.2 Å². The summed E-state index contributed by atoms with van der Waals surface area (Å²) in [6, 6.07) is 19.5. The molecule has 152 valence electrons. The molecule has 5 rings (SSSR count). The van der Waals surface area contributed by atoms with E-state index in [1.165, 1.54) is 12.1 Å². The third kappa shape index (κ3) is 3.00. The van der Waals surface area contributed by atoms with E-state index in [0.29, 0.717) is 39.1 Å². The molecule has 1 aliphatic carbocycles. The molecule has 4 aromatic rings. The van der Waals surface area contributed by atoms with Gasteiger partial charge in [-0.05, 0) is 41.0 Å². The van der Waals surface area contributed by atoms with Gasteiger partial charge in [0.2, 0.25) is 0 Å². The van der Waals surface area contributed by atoms with Gasteiger partial charge in [-0.1, -0.05) is 42.5 Å². The lowest BCUT2D eigenvalue weighted by molar-refractivity contribution is -0.137. The number of aromatic nitrogens is 2. The minimum absolute atomic E-state index is 0.0660. The first-order valence-corrected chi connectivity index (χ1v) is 9.52. The maximum atomic E-state index is 12.9. The number of hydrogen-bond acceptors (Lipinski definition) is 3. The molecule has 1 aliphatic rings. The summed E-state index contributed by atoms with van der Waals surface area (Å²) in [5.41, 5.74) is 4.68. The predicted molar refractivity (Wildman–Crippen MR) is 114 cm³/mol. The fourth-order valence-electron chi connectivity index (χ4n) is 3.86. The maximum absolute atomic E-state index is 12.9. The molecule has 0 saturated heterocycles. The van der Waals surface area contributed by atoms with Gasteiger partial charge < -0.3 is 0 Å². The van der Waals surface area contributed by atoms with Crippen molar-refractivity contribution < 1.29 is 13.2 Å². The van der Waals surface area contributed by atoms with Crippen LogP contribution in [-0.4, -0.2) is 9.97 Å². The molecule has 0 unspecified atom stereocenters. The van der Waals surface area contributed by atoms with Crippen molar-refractivity contribution in [3.63, 3.8) is 0 Å². The number of rotatable bonds is 1. The van der Waals surface area contributed by atoms with E-state index >= 15 is 0 Å². The van der Waals surface area contributed by atoms with Gasteiger partial charge in [0, 0.05) is 11.1 Å². The van der Waals surface area contributed by atoms with Crippen LogP contribution in [0.3, 0.4) is 0 Å². The van der Waals surface area contributed by atoms with E-state index in [9.17, 15) is 18.4 Å². The Kier molecular flexibility index (Phi) is 4.28. The Morgan fingerprint density at radius 2 is 1.50 bits per heavy atom. The first kappa shape index (κ1) is 19.5. The number of nitrogens with zero attached hydrogens (tertiary/aromatic N) is 4. The van der Waals surface area contributed by atoms with Crippen molar-refractivity contribution >= 4 is 16.6 Å². The van der Waals surface area contributed by atoms with E-state index in [1.807, 2.05) is 30.3 Å². The molecule has 0 radical (unpaired) electrons. The smallest absolute Gasteiger partial charge is 0.245 e. The Morgan fingerprint density at radius 1 is 0.844 bits per heavy atom. The summed E-state index contributed by atoms with van der Waals surface area (Å²) in [7, 11) is 0. The van der Waals surface area contributed by atoms with Gasteiger partial charge in [-0.25, -0.2) is 20.1 Å². The average Bonchev–Trinajstić information content (AvgIpc) is 3.11. The normalized spacial score (nSPS) is 13.8. The van der Waals surface area contributed by atoms with Crippen LogP contribution in [0.15, 0.2) is 72.4 Å². The second kappa shape index (κ2) is 7.04. The number of hydrogen-bond donors (Lipinski definition) is 0. The highest BCUT2D eigenvalue weighted by Gasteiger charge is 2.31. The Bertz CT molecular complexity index is 1500. The molecule has 0 spiro atoms. The molecule has 0 N–H and O–H groups in total. The van der Waals surface area contributed by atoms with Gasteiger partial charge in [0.25, 0.3) is 5.70 Å². The summed E-state index contributed by atoms with van der Waals surface area (Å²) in [4.78, 5) is 12.8. The van der Waals surface area contributed by atoms with Crippen molar-refractivity contribution in [2.24, 2.45) is 0 Å². The van der Waals surface area contributed by atoms with Crippen LogP contribution in [0, 0.1) is 17.9 Å². The number of halogens is 3. The molecule has 0 fully saturated rings. The predicted octanol–water partition coefficient (Wildman–Crippen LogP) is 6.50. The maximum Gasteiger partial charge on any atom is 0.416 e. The zero-order valence-electron chi connectivity index (χ0n) is 16.3. The average molecular weight is 424 g/mol. The van der Waals surface area contributed by atoms with Gasteiger partial charge in [-0.2, -0.15) is 13.2 Å². The van der Waals surface area contributed by atoms with Gasteiger partial charge >= 0.3 is 6.18 Å². The van der Waals surface area contributed by atoms with Crippen LogP contribution in [0.2, 0.25) is 0 Å². The van der Waals surface area contributed by atoms with E-state index in [0.717, 1.165) is 23.3 Å². The molecule has 0 atom stereocenters. The number of allylic oxidation sites excluding steroid dienone is 1. The van der Waals surface area contributed by atoms with Crippen molar-refractivity contribution in [3.05, 3.63) is 101 Å². The van der Waals surface area contributed by atoms with Crippen molar-refractivity contribution in [2.45, 2.75) is 6.18 Å². The zero-order valence-corrected chi connectivity index (χ0v) is 16.3. The summed E-state index contributed by atoms with van der Waals surface area (Å²) in [5, 5.41) is 9.47. The molecule has 0 bridgehead atoms. The zero-order chi connectivity index (χ0) is 22.5. The summed E-state index contributed by atoms with van der Waals surface area (Å²) >= 11 is 0. The minimum atomic E-state index is -4.40. The van der Waals surface area contributed by atoms with Crippen LogP contribution in [0.1, 0.15) is 16.8 Å². The largest absolute Gasteiger partial charge is 0.416 e. The second-order valence-electron chi connectivity index (χ2n) is 7.19. The molecule has 3 aromatic carbocycles. The molecular weight excluding hydrogens is 413 g/mol. The van der Waals surface area contributed by atoms with E-state index in [-0.39, 0.29) is 5.70 Å². The SMILES string of the molecule is [C-]#[N+]/C(C#N)=C1\c2ccccc2-c2nc3ccc(-c4ccc(C(F)(F)F)cc4)cc3nc21. The summed E-state index contributed by atoms with van der Waals surface area (Å²) in [6.45, 7) is 7.39. The third-order valence-corrected chi connectivity index (χ3v) is 5.35. The number of nitriles is 1. The van der Waals surface area contributed by atoms with E-state index in [4.69, 9.17) is 16.5 Å². The highest BCUT2D eigenvalue weighted by molar-refractivity contribution is 6.02. The quantitative estimate of drug-likeness (QED) is 0.228. The van der Waals surface area contributed by atoms with Crippen LogP contribution in [-0.2, 0) is 6.18 Å². The summed E-state index contributed by atoms with van der Waals surface area (Å²) in [5.74, 6) is 0. The fourth-order valence-corrected chi connectivity index (χ4v) is 3.86. The molecule has 0 saturated carbocycles. The molecule has 1 heterocycles.